The van der Waals surface area contributed by atoms with E-state index in [0.29, 0.717) is 12.1 Å². The van der Waals surface area contributed by atoms with Crippen LogP contribution in [0.3, 0.4) is 0 Å². The maximum Gasteiger partial charge on any atom is 0.208 e. The SMILES string of the molecule is CCC1CNC(C)CN1c1nncs1. The van der Waals surface area contributed by atoms with Gasteiger partial charge in [0.15, 0.2) is 0 Å². The second-order valence-corrected chi connectivity index (χ2v) is 4.56. The minimum absolute atomic E-state index is 0.543. The monoisotopic (exact) mass is 212 g/mol. The number of nitrogens with zero attached hydrogens (tertiary/aromatic N) is 3. The van der Waals surface area contributed by atoms with Crippen LogP contribution in [-0.2, 0) is 0 Å². The number of hydrogen-bond acceptors (Lipinski definition) is 5. The lowest BCUT2D eigenvalue weighted by molar-refractivity contribution is 0.401. The Bertz CT molecular complexity index is 274. The molecule has 78 valence electrons. The summed E-state index contributed by atoms with van der Waals surface area (Å²) in [5, 5.41) is 12.6. The van der Waals surface area contributed by atoms with Gasteiger partial charge in [0.25, 0.3) is 0 Å². The van der Waals surface area contributed by atoms with E-state index in [4.69, 9.17) is 0 Å². The average Bonchev–Trinajstić information content (AvgIpc) is 2.70. The van der Waals surface area contributed by atoms with Gasteiger partial charge >= 0.3 is 0 Å². The molecule has 4 nitrogen and oxygen atoms in total. The third-order valence-electron chi connectivity index (χ3n) is 2.68. The van der Waals surface area contributed by atoms with Crippen molar-refractivity contribution in [1.29, 1.82) is 0 Å². The van der Waals surface area contributed by atoms with Crippen molar-refractivity contribution >= 4 is 16.5 Å². The number of hydrogen-bond donors (Lipinski definition) is 1. The molecule has 2 rings (SSSR count). The first-order valence-electron chi connectivity index (χ1n) is 5.07. The molecule has 1 fully saturated rings. The van der Waals surface area contributed by atoms with E-state index in [-0.39, 0.29) is 0 Å². The highest BCUT2D eigenvalue weighted by atomic mass is 32.1. The summed E-state index contributed by atoms with van der Waals surface area (Å²) in [4.78, 5) is 2.37. The first kappa shape index (κ1) is 9.86. The topological polar surface area (TPSA) is 41.0 Å². The van der Waals surface area contributed by atoms with Crippen LogP contribution in [0, 0.1) is 0 Å². The fourth-order valence-corrected chi connectivity index (χ4v) is 2.49. The summed E-state index contributed by atoms with van der Waals surface area (Å²) in [6.45, 7) is 6.52. The average molecular weight is 212 g/mol. The van der Waals surface area contributed by atoms with E-state index in [9.17, 15) is 0 Å². The molecule has 0 amide bonds. The number of rotatable bonds is 2. The Balaban J connectivity index is 2.13. The third kappa shape index (κ3) is 1.88. The molecular formula is C9H16N4S. The van der Waals surface area contributed by atoms with Gasteiger partial charge in [-0.3, -0.25) is 0 Å². The normalized spacial score (nSPS) is 28.0. The van der Waals surface area contributed by atoms with Crippen LogP contribution >= 0.6 is 11.3 Å². The van der Waals surface area contributed by atoms with E-state index >= 15 is 0 Å². The lowest BCUT2D eigenvalue weighted by atomic mass is 10.1. The van der Waals surface area contributed by atoms with Crippen molar-refractivity contribution in [2.24, 2.45) is 0 Å². The van der Waals surface area contributed by atoms with Crippen LogP contribution in [0.1, 0.15) is 20.3 Å². The van der Waals surface area contributed by atoms with E-state index in [1.54, 1.807) is 16.8 Å². The van der Waals surface area contributed by atoms with E-state index in [1.165, 1.54) is 0 Å². The summed E-state index contributed by atoms with van der Waals surface area (Å²) < 4.78 is 0. The lowest BCUT2D eigenvalue weighted by Gasteiger charge is -2.38. The van der Waals surface area contributed by atoms with Crippen LogP contribution in [-0.4, -0.2) is 35.4 Å². The number of anilines is 1. The molecule has 1 aromatic heterocycles. The minimum Gasteiger partial charge on any atom is -0.341 e. The zero-order valence-electron chi connectivity index (χ0n) is 8.60. The Morgan fingerprint density at radius 2 is 2.57 bits per heavy atom. The molecule has 0 spiro atoms. The number of piperazine rings is 1. The Labute approximate surface area is 88.3 Å². The van der Waals surface area contributed by atoms with Crippen molar-refractivity contribution in [2.75, 3.05) is 18.0 Å². The lowest BCUT2D eigenvalue weighted by Crippen LogP contribution is -2.55. The molecule has 1 aliphatic heterocycles. The van der Waals surface area contributed by atoms with Crippen LogP contribution in [0.2, 0.25) is 0 Å². The van der Waals surface area contributed by atoms with E-state index in [1.807, 2.05) is 0 Å². The molecule has 0 aliphatic carbocycles. The highest BCUT2D eigenvalue weighted by Gasteiger charge is 2.26. The molecule has 1 saturated heterocycles. The predicted octanol–water partition coefficient (Wildman–Crippen LogP) is 1.11. The molecule has 14 heavy (non-hydrogen) atoms. The Kier molecular flexibility index (Phi) is 2.98. The van der Waals surface area contributed by atoms with Gasteiger partial charge in [0.05, 0.1) is 0 Å². The summed E-state index contributed by atoms with van der Waals surface area (Å²) in [5.74, 6) is 0. The molecule has 1 aliphatic rings. The van der Waals surface area contributed by atoms with Crippen LogP contribution in [0.5, 0.6) is 0 Å². The zero-order valence-corrected chi connectivity index (χ0v) is 9.42. The van der Waals surface area contributed by atoms with Crippen molar-refractivity contribution in [3.05, 3.63) is 5.51 Å². The van der Waals surface area contributed by atoms with Crippen LogP contribution < -0.4 is 10.2 Å². The largest absolute Gasteiger partial charge is 0.341 e. The maximum atomic E-state index is 4.14. The fraction of sp³-hybridized carbons (Fsp3) is 0.778. The number of nitrogens with one attached hydrogen (secondary N) is 1. The van der Waals surface area contributed by atoms with Gasteiger partial charge in [-0.25, -0.2) is 0 Å². The first-order chi connectivity index (χ1) is 6.81. The highest BCUT2D eigenvalue weighted by Crippen LogP contribution is 2.22. The van der Waals surface area contributed by atoms with Crippen LogP contribution in [0.25, 0.3) is 0 Å². The molecule has 2 atom stereocenters. The molecule has 2 unspecified atom stereocenters. The van der Waals surface area contributed by atoms with Gasteiger partial charge in [-0.15, -0.1) is 10.2 Å². The number of aromatic nitrogens is 2. The Hall–Kier alpha value is -0.680. The molecule has 5 heteroatoms. The van der Waals surface area contributed by atoms with E-state index in [2.05, 4.69) is 34.3 Å². The molecule has 0 radical (unpaired) electrons. The molecule has 0 bridgehead atoms. The standard InChI is InChI=1S/C9H16N4S/c1-3-8-4-10-7(2)5-13(8)9-12-11-6-14-9/h6-8,10H,3-5H2,1-2H3. The van der Waals surface area contributed by atoms with Crippen molar-refractivity contribution in [3.63, 3.8) is 0 Å². The van der Waals surface area contributed by atoms with Crippen LogP contribution in [0.15, 0.2) is 5.51 Å². The summed E-state index contributed by atoms with van der Waals surface area (Å²) in [6, 6.07) is 1.11. The summed E-state index contributed by atoms with van der Waals surface area (Å²) >= 11 is 1.63. The first-order valence-corrected chi connectivity index (χ1v) is 5.95. The van der Waals surface area contributed by atoms with Gasteiger partial charge in [0.1, 0.15) is 5.51 Å². The van der Waals surface area contributed by atoms with Gasteiger partial charge in [0.2, 0.25) is 5.13 Å². The van der Waals surface area contributed by atoms with Gasteiger partial charge in [-0.1, -0.05) is 18.3 Å². The molecule has 1 aromatic rings. The van der Waals surface area contributed by atoms with Crippen molar-refractivity contribution < 1.29 is 0 Å². The van der Waals surface area contributed by atoms with Gasteiger partial charge in [-0.2, -0.15) is 0 Å². The van der Waals surface area contributed by atoms with E-state index < -0.39 is 0 Å². The maximum absolute atomic E-state index is 4.14. The second kappa shape index (κ2) is 4.23. The van der Waals surface area contributed by atoms with Crippen molar-refractivity contribution in [2.45, 2.75) is 32.4 Å². The summed E-state index contributed by atoms with van der Waals surface area (Å²) in [5.41, 5.74) is 1.80. The molecule has 0 aromatic carbocycles. The van der Waals surface area contributed by atoms with Crippen molar-refractivity contribution in [1.82, 2.24) is 15.5 Å². The Morgan fingerprint density at radius 1 is 1.71 bits per heavy atom. The molecule has 0 saturated carbocycles. The van der Waals surface area contributed by atoms with Crippen molar-refractivity contribution in [3.8, 4) is 0 Å². The molecule has 2 heterocycles. The fourth-order valence-electron chi connectivity index (χ4n) is 1.85. The van der Waals surface area contributed by atoms with Gasteiger partial charge < -0.3 is 10.2 Å². The summed E-state index contributed by atoms with van der Waals surface area (Å²) in [6.07, 6.45) is 1.15. The zero-order chi connectivity index (χ0) is 9.97. The minimum atomic E-state index is 0.543. The van der Waals surface area contributed by atoms with E-state index in [0.717, 1.165) is 24.6 Å². The van der Waals surface area contributed by atoms with Crippen LogP contribution in [0.4, 0.5) is 5.13 Å². The highest BCUT2D eigenvalue weighted by molar-refractivity contribution is 7.13. The van der Waals surface area contributed by atoms with Gasteiger partial charge in [-0.05, 0) is 13.3 Å². The second-order valence-electron chi connectivity index (χ2n) is 3.75. The quantitative estimate of drug-likeness (QED) is 0.797. The smallest absolute Gasteiger partial charge is 0.208 e. The Morgan fingerprint density at radius 3 is 3.21 bits per heavy atom. The predicted molar refractivity (Wildman–Crippen MR) is 58.8 cm³/mol. The summed E-state index contributed by atoms with van der Waals surface area (Å²) in [7, 11) is 0. The molecule has 1 N–H and O–H groups in total. The molecular weight excluding hydrogens is 196 g/mol. The van der Waals surface area contributed by atoms with Gasteiger partial charge in [0, 0.05) is 25.2 Å². The third-order valence-corrected chi connectivity index (χ3v) is 3.41.